The van der Waals surface area contributed by atoms with Crippen LogP contribution >= 0.6 is 48.3 Å². The SMILES string of the molecule is Cl.Cl.NCCSCc1ccc(CSCCN)cc1. The molecule has 0 amide bonds. The van der Waals surface area contributed by atoms with Gasteiger partial charge in [0.05, 0.1) is 0 Å². The Hall–Kier alpha value is 0.420. The lowest BCUT2D eigenvalue weighted by molar-refractivity contribution is 1.15. The highest BCUT2D eigenvalue weighted by atomic mass is 35.5. The summed E-state index contributed by atoms with van der Waals surface area (Å²) in [6, 6.07) is 8.84. The second-order valence-electron chi connectivity index (χ2n) is 3.50. The first kappa shape index (κ1) is 20.7. The summed E-state index contributed by atoms with van der Waals surface area (Å²) in [7, 11) is 0. The number of nitrogens with two attached hydrogens (primary N) is 2. The first-order valence-electron chi connectivity index (χ1n) is 5.50. The van der Waals surface area contributed by atoms with E-state index in [2.05, 4.69) is 24.3 Å². The zero-order valence-corrected chi connectivity index (χ0v) is 13.6. The van der Waals surface area contributed by atoms with Crippen LogP contribution in [0.2, 0.25) is 0 Å². The molecule has 2 nitrogen and oxygen atoms in total. The summed E-state index contributed by atoms with van der Waals surface area (Å²) in [5.74, 6) is 4.20. The lowest BCUT2D eigenvalue weighted by Crippen LogP contribution is -2.01. The molecule has 0 saturated heterocycles. The second kappa shape index (κ2) is 13.8. The van der Waals surface area contributed by atoms with E-state index in [0.29, 0.717) is 0 Å². The Morgan fingerprint density at radius 1 is 0.722 bits per heavy atom. The highest BCUT2D eigenvalue weighted by Gasteiger charge is 1.95. The molecule has 0 heterocycles. The van der Waals surface area contributed by atoms with Crippen LogP contribution in [0.3, 0.4) is 0 Å². The topological polar surface area (TPSA) is 52.0 Å². The van der Waals surface area contributed by atoms with E-state index in [1.165, 1.54) is 11.1 Å². The van der Waals surface area contributed by atoms with Gasteiger partial charge in [0.2, 0.25) is 0 Å². The Morgan fingerprint density at radius 3 is 1.33 bits per heavy atom. The average molecular weight is 329 g/mol. The minimum absolute atomic E-state index is 0. The lowest BCUT2D eigenvalue weighted by Gasteiger charge is -2.03. The van der Waals surface area contributed by atoms with Crippen LogP contribution in [0.1, 0.15) is 11.1 Å². The standard InChI is InChI=1S/C12H20N2S2.2ClH/c13-5-7-15-9-11-1-2-12(4-3-11)10-16-8-6-14;;/h1-4H,5-10,13-14H2;2*1H. The van der Waals surface area contributed by atoms with Gasteiger partial charge in [0.1, 0.15) is 0 Å². The van der Waals surface area contributed by atoms with Crippen molar-refractivity contribution in [1.82, 2.24) is 0 Å². The van der Waals surface area contributed by atoms with Crippen molar-refractivity contribution in [1.29, 1.82) is 0 Å². The summed E-state index contributed by atoms with van der Waals surface area (Å²) in [4.78, 5) is 0. The Bertz CT molecular complexity index is 255. The van der Waals surface area contributed by atoms with Crippen molar-refractivity contribution in [2.24, 2.45) is 11.5 Å². The van der Waals surface area contributed by atoms with Gasteiger partial charge in [-0.05, 0) is 11.1 Å². The van der Waals surface area contributed by atoms with Gasteiger partial charge < -0.3 is 11.5 Å². The first-order valence-corrected chi connectivity index (χ1v) is 7.81. The second-order valence-corrected chi connectivity index (χ2v) is 5.71. The summed E-state index contributed by atoms with van der Waals surface area (Å²) in [5.41, 5.74) is 13.7. The summed E-state index contributed by atoms with van der Waals surface area (Å²) in [6.07, 6.45) is 0. The summed E-state index contributed by atoms with van der Waals surface area (Å²) < 4.78 is 0. The van der Waals surface area contributed by atoms with E-state index in [1.807, 2.05) is 23.5 Å². The van der Waals surface area contributed by atoms with E-state index < -0.39 is 0 Å². The fourth-order valence-corrected chi connectivity index (χ4v) is 2.76. The van der Waals surface area contributed by atoms with Crippen LogP contribution in [0.5, 0.6) is 0 Å². The highest BCUT2D eigenvalue weighted by Crippen LogP contribution is 2.15. The van der Waals surface area contributed by atoms with Gasteiger partial charge in [0.15, 0.2) is 0 Å². The molecule has 0 aliphatic heterocycles. The van der Waals surface area contributed by atoms with Crippen LogP contribution in [0.4, 0.5) is 0 Å². The Morgan fingerprint density at radius 2 is 1.06 bits per heavy atom. The molecule has 106 valence electrons. The molecule has 4 N–H and O–H groups in total. The smallest absolute Gasteiger partial charge is 0.0185 e. The van der Waals surface area contributed by atoms with Gasteiger partial charge in [0.25, 0.3) is 0 Å². The van der Waals surface area contributed by atoms with Crippen molar-refractivity contribution in [3.8, 4) is 0 Å². The largest absolute Gasteiger partial charge is 0.330 e. The maximum atomic E-state index is 5.45. The molecule has 18 heavy (non-hydrogen) atoms. The number of rotatable bonds is 8. The van der Waals surface area contributed by atoms with Crippen LogP contribution in [-0.2, 0) is 11.5 Å². The molecule has 1 rings (SSSR count). The number of benzene rings is 1. The number of thioether (sulfide) groups is 2. The van der Waals surface area contributed by atoms with Gasteiger partial charge in [-0.25, -0.2) is 0 Å². The van der Waals surface area contributed by atoms with Gasteiger partial charge in [-0.1, -0.05) is 24.3 Å². The molecule has 0 atom stereocenters. The van der Waals surface area contributed by atoms with Crippen LogP contribution in [-0.4, -0.2) is 24.6 Å². The van der Waals surface area contributed by atoms with Crippen molar-refractivity contribution >= 4 is 48.3 Å². The molecule has 0 aliphatic carbocycles. The van der Waals surface area contributed by atoms with Crippen molar-refractivity contribution in [2.75, 3.05) is 24.6 Å². The van der Waals surface area contributed by atoms with Crippen LogP contribution in [0.25, 0.3) is 0 Å². The minimum Gasteiger partial charge on any atom is -0.330 e. The monoisotopic (exact) mass is 328 g/mol. The molecule has 0 spiro atoms. The molecule has 0 aromatic heterocycles. The molecule has 0 bridgehead atoms. The minimum atomic E-state index is 0. The van der Waals surface area contributed by atoms with E-state index >= 15 is 0 Å². The van der Waals surface area contributed by atoms with Crippen LogP contribution in [0.15, 0.2) is 24.3 Å². The lowest BCUT2D eigenvalue weighted by atomic mass is 10.2. The van der Waals surface area contributed by atoms with Crippen molar-refractivity contribution in [3.63, 3.8) is 0 Å². The first-order chi connectivity index (χ1) is 7.86. The summed E-state index contributed by atoms with van der Waals surface area (Å²) in [5, 5.41) is 0. The van der Waals surface area contributed by atoms with E-state index in [1.54, 1.807) is 0 Å². The average Bonchev–Trinajstić information content (AvgIpc) is 2.32. The Kier molecular flexibility index (Phi) is 15.9. The molecule has 6 heteroatoms. The number of hydrogen-bond donors (Lipinski definition) is 2. The Labute approximate surface area is 131 Å². The summed E-state index contributed by atoms with van der Waals surface area (Å²) >= 11 is 3.77. The third-order valence-electron chi connectivity index (χ3n) is 2.08. The zero-order valence-electron chi connectivity index (χ0n) is 10.3. The van der Waals surface area contributed by atoms with Gasteiger partial charge >= 0.3 is 0 Å². The molecular weight excluding hydrogens is 307 g/mol. The van der Waals surface area contributed by atoms with E-state index in [0.717, 1.165) is 36.1 Å². The maximum Gasteiger partial charge on any atom is 0.0185 e. The van der Waals surface area contributed by atoms with Gasteiger partial charge in [-0.15, -0.1) is 24.8 Å². The van der Waals surface area contributed by atoms with Crippen LogP contribution < -0.4 is 11.5 Å². The predicted molar refractivity (Wildman–Crippen MR) is 91.4 cm³/mol. The number of halogens is 2. The van der Waals surface area contributed by atoms with Crippen molar-refractivity contribution < 1.29 is 0 Å². The molecule has 0 radical (unpaired) electrons. The maximum absolute atomic E-state index is 5.45. The van der Waals surface area contributed by atoms with Gasteiger partial charge in [0, 0.05) is 36.1 Å². The van der Waals surface area contributed by atoms with Gasteiger partial charge in [-0.2, -0.15) is 23.5 Å². The molecule has 0 unspecified atom stereocenters. The molecule has 0 saturated carbocycles. The molecule has 1 aromatic carbocycles. The normalized spacial score (nSPS) is 9.44. The molecular formula is C12H22Cl2N2S2. The Balaban J connectivity index is 0. The van der Waals surface area contributed by atoms with E-state index in [9.17, 15) is 0 Å². The fourth-order valence-electron chi connectivity index (χ4n) is 1.28. The number of hydrogen-bond acceptors (Lipinski definition) is 4. The molecule has 1 aromatic rings. The van der Waals surface area contributed by atoms with Crippen molar-refractivity contribution in [2.45, 2.75) is 11.5 Å². The van der Waals surface area contributed by atoms with E-state index in [-0.39, 0.29) is 24.8 Å². The van der Waals surface area contributed by atoms with Gasteiger partial charge in [-0.3, -0.25) is 0 Å². The van der Waals surface area contributed by atoms with E-state index in [4.69, 9.17) is 11.5 Å². The molecule has 0 fully saturated rings. The quantitative estimate of drug-likeness (QED) is 0.720. The van der Waals surface area contributed by atoms with Crippen molar-refractivity contribution in [3.05, 3.63) is 35.4 Å². The zero-order chi connectivity index (χ0) is 11.6. The highest BCUT2D eigenvalue weighted by molar-refractivity contribution is 7.98. The third-order valence-corrected chi connectivity index (χ3v) is 4.21. The summed E-state index contributed by atoms with van der Waals surface area (Å²) in [6.45, 7) is 1.52. The van der Waals surface area contributed by atoms with Crippen LogP contribution in [0, 0.1) is 0 Å². The molecule has 0 aliphatic rings. The third kappa shape index (κ3) is 9.36. The predicted octanol–water partition coefficient (Wildman–Crippen LogP) is 2.91. The fraction of sp³-hybridized carbons (Fsp3) is 0.500.